The number of nitrogens with zero attached hydrogens (tertiary/aromatic N) is 3. The fourth-order valence-electron chi connectivity index (χ4n) is 6.26. The molecule has 4 nitrogen and oxygen atoms in total. The van der Waals surface area contributed by atoms with Crippen molar-refractivity contribution in [3.05, 3.63) is 95.0 Å². The first-order chi connectivity index (χ1) is 16.6. The SMILES string of the molecule is CC1=NN(c2ccccc2)C(=O)[C@@]12Cc1ccc(Cl)cc1N1CC[C@@H](Cc3ccccc3)C[C@@H]12. The van der Waals surface area contributed by atoms with Gasteiger partial charge in [-0.05, 0) is 73.9 Å². The van der Waals surface area contributed by atoms with E-state index in [1.54, 1.807) is 5.01 Å². The average Bonchev–Trinajstić information content (AvgIpc) is 3.11. The summed E-state index contributed by atoms with van der Waals surface area (Å²) in [4.78, 5) is 16.7. The van der Waals surface area contributed by atoms with Crippen molar-refractivity contribution in [3.63, 3.8) is 0 Å². The Morgan fingerprint density at radius 3 is 2.53 bits per heavy atom. The molecule has 1 fully saturated rings. The Hall–Kier alpha value is -3.11. The third kappa shape index (κ3) is 3.35. The molecule has 0 unspecified atom stereocenters. The van der Waals surface area contributed by atoms with Crippen molar-refractivity contribution in [3.8, 4) is 0 Å². The molecular weight excluding hydrogens is 442 g/mol. The normalized spacial score (nSPS) is 25.8. The van der Waals surface area contributed by atoms with Gasteiger partial charge in [-0.25, -0.2) is 0 Å². The van der Waals surface area contributed by atoms with Crippen molar-refractivity contribution < 1.29 is 4.79 Å². The fraction of sp³-hybridized carbons (Fsp3) is 0.310. The first kappa shape index (κ1) is 21.4. The molecule has 3 aromatic carbocycles. The van der Waals surface area contributed by atoms with E-state index in [1.807, 2.05) is 43.3 Å². The minimum absolute atomic E-state index is 0.0610. The largest absolute Gasteiger partial charge is 0.367 e. The Bertz CT molecular complexity index is 1260. The van der Waals surface area contributed by atoms with Gasteiger partial charge in [0, 0.05) is 23.3 Å². The van der Waals surface area contributed by atoms with Gasteiger partial charge in [0.1, 0.15) is 5.41 Å². The number of fused-ring (bicyclic) bond motifs is 4. The standard InChI is InChI=1S/C29H28ClN3O/c1-20-29(28(34)33(31-20)25-10-6-3-7-11-25)19-23-12-13-24(30)18-26(23)32-15-14-22(17-27(29)32)16-21-8-4-2-5-9-21/h2-13,18,22,27H,14-17,19H2,1H3/t22-,27+,29-/m0/s1. The molecule has 34 heavy (non-hydrogen) atoms. The van der Waals surface area contributed by atoms with E-state index < -0.39 is 5.41 Å². The van der Waals surface area contributed by atoms with Crippen molar-refractivity contribution in [2.45, 2.75) is 38.6 Å². The lowest BCUT2D eigenvalue weighted by atomic mass is 9.64. The van der Waals surface area contributed by atoms with E-state index in [-0.39, 0.29) is 11.9 Å². The summed E-state index contributed by atoms with van der Waals surface area (Å²) in [5.74, 6) is 0.611. The molecule has 0 bridgehead atoms. The number of para-hydroxylation sites is 1. The molecule has 172 valence electrons. The molecule has 1 spiro atoms. The third-order valence-electron chi connectivity index (χ3n) is 7.94. The molecule has 0 saturated carbocycles. The maximum absolute atomic E-state index is 14.2. The monoisotopic (exact) mass is 469 g/mol. The number of hydrogen-bond acceptors (Lipinski definition) is 3. The molecule has 3 atom stereocenters. The van der Waals surface area contributed by atoms with Crippen LogP contribution in [0.5, 0.6) is 0 Å². The quantitative estimate of drug-likeness (QED) is 0.462. The highest BCUT2D eigenvalue weighted by atomic mass is 35.5. The van der Waals surface area contributed by atoms with Gasteiger partial charge in [-0.3, -0.25) is 4.79 Å². The van der Waals surface area contributed by atoms with Gasteiger partial charge in [0.15, 0.2) is 0 Å². The second kappa shape index (κ2) is 8.28. The highest BCUT2D eigenvalue weighted by Crippen LogP contribution is 2.51. The summed E-state index contributed by atoms with van der Waals surface area (Å²) in [7, 11) is 0. The molecule has 0 aromatic heterocycles. The van der Waals surface area contributed by atoms with Gasteiger partial charge >= 0.3 is 0 Å². The van der Waals surface area contributed by atoms with E-state index in [2.05, 4.69) is 47.4 Å². The van der Waals surface area contributed by atoms with Gasteiger partial charge in [0.25, 0.3) is 5.91 Å². The van der Waals surface area contributed by atoms with E-state index in [4.69, 9.17) is 16.7 Å². The maximum atomic E-state index is 14.2. The number of amides is 1. The Balaban J connectivity index is 1.41. The van der Waals surface area contributed by atoms with Crippen LogP contribution in [0.15, 0.2) is 84.0 Å². The summed E-state index contributed by atoms with van der Waals surface area (Å²) in [5, 5.41) is 7.23. The van der Waals surface area contributed by atoms with E-state index in [9.17, 15) is 4.79 Å². The lowest BCUT2D eigenvalue weighted by Crippen LogP contribution is -2.62. The summed E-state index contributed by atoms with van der Waals surface area (Å²) in [6.45, 7) is 2.96. The topological polar surface area (TPSA) is 35.9 Å². The molecule has 1 amide bonds. The summed E-state index contributed by atoms with van der Waals surface area (Å²) in [6, 6.07) is 26.7. The maximum Gasteiger partial charge on any atom is 0.261 e. The number of hydrogen-bond donors (Lipinski definition) is 0. The Morgan fingerprint density at radius 2 is 1.76 bits per heavy atom. The predicted octanol–water partition coefficient (Wildman–Crippen LogP) is 6.13. The Morgan fingerprint density at radius 1 is 1.03 bits per heavy atom. The Labute approximate surface area is 205 Å². The highest BCUT2D eigenvalue weighted by molar-refractivity contribution is 6.31. The number of halogens is 1. The second-order valence-corrected chi connectivity index (χ2v) is 10.3. The molecule has 3 aliphatic rings. The van der Waals surface area contributed by atoms with Gasteiger partial charge in [-0.2, -0.15) is 10.1 Å². The highest BCUT2D eigenvalue weighted by Gasteiger charge is 2.59. The zero-order chi connectivity index (χ0) is 23.3. The van der Waals surface area contributed by atoms with Gasteiger partial charge in [0.05, 0.1) is 11.4 Å². The predicted molar refractivity (Wildman–Crippen MR) is 139 cm³/mol. The first-order valence-corrected chi connectivity index (χ1v) is 12.5. The van der Waals surface area contributed by atoms with Crippen LogP contribution in [0.25, 0.3) is 0 Å². The number of hydrazone groups is 1. The van der Waals surface area contributed by atoms with Crippen molar-refractivity contribution in [1.29, 1.82) is 0 Å². The van der Waals surface area contributed by atoms with Gasteiger partial charge < -0.3 is 4.90 Å². The van der Waals surface area contributed by atoms with E-state index in [1.165, 1.54) is 16.8 Å². The van der Waals surface area contributed by atoms with Crippen LogP contribution >= 0.6 is 11.6 Å². The molecule has 0 radical (unpaired) electrons. The number of piperidine rings is 1. The summed E-state index contributed by atoms with van der Waals surface area (Å²) < 4.78 is 0. The van der Waals surface area contributed by atoms with E-state index >= 15 is 0 Å². The number of carbonyl (C=O) groups is 1. The van der Waals surface area contributed by atoms with Crippen LogP contribution in [-0.4, -0.2) is 24.2 Å². The van der Waals surface area contributed by atoms with Crippen LogP contribution in [0.1, 0.15) is 30.9 Å². The zero-order valence-electron chi connectivity index (χ0n) is 19.3. The van der Waals surface area contributed by atoms with E-state index in [0.29, 0.717) is 12.3 Å². The van der Waals surface area contributed by atoms with Gasteiger partial charge in [0.2, 0.25) is 0 Å². The number of benzene rings is 3. The number of rotatable bonds is 3. The van der Waals surface area contributed by atoms with Crippen molar-refractivity contribution in [2.24, 2.45) is 16.4 Å². The van der Waals surface area contributed by atoms with Gasteiger partial charge in [-0.1, -0.05) is 66.2 Å². The molecule has 3 heterocycles. The summed E-state index contributed by atoms with van der Waals surface area (Å²) >= 11 is 6.43. The third-order valence-corrected chi connectivity index (χ3v) is 8.18. The first-order valence-electron chi connectivity index (χ1n) is 12.1. The molecular formula is C29H28ClN3O. The van der Waals surface area contributed by atoms with Gasteiger partial charge in [-0.15, -0.1) is 0 Å². The zero-order valence-corrected chi connectivity index (χ0v) is 20.1. The van der Waals surface area contributed by atoms with Crippen LogP contribution < -0.4 is 9.91 Å². The Kier molecular flexibility index (Phi) is 5.22. The van der Waals surface area contributed by atoms with Crippen molar-refractivity contribution >= 4 is 34.6 Å². The molecule has 1 saturated heterocycles. The van der Waals surface area contributed by atoms with Crippen LogP contribution in [-0.2, 0) is 17.6 Å². The number of anilines is 2. The lowest BCUT2D eigenvalue weighted by Gasteiger charge is -2.52. The number of carbonyl (C=O) groups excluding carboxylic acids is 1. The van der Waals surface area contributed by atoms with Crippen LogP contribution in [0.2, 0.25) is 5.02 Å². The van der Waals surface area contributed by atoms with E-state index in [0.717, 1.165) is 42.2 Å². The second-order valence-electron chi connectivity index (χ2n) is 9.85. The summed E-state index contributed by atoms with van der Waals surface area (Å²) in [6.07, 6.45) is 3.76. The van der Waals surface area contributed by atoms with Crippen molar-refractivity contribution in [2.75, 3.05) is 16.5 Å². The van der Waals surface area contributed by atoms with Crippen LogP contribution in [0.4, 0.5) is 11.4 Å². The summed E-state index contributed by atoms with van der Waals surface area (Å²) in [5.41, 5.74) is 4.81. The molecule has 3 aliphatic heterocycles. The molecule has 0 aliphatic carbocycles. The minimum Gasteiger partial charge on any atom is -0.367 e. The molecule has 0 N–H and O–H groups in total. The average molecular weight is 470 g/mol. The van der Waals surface area contributed by atoms with Crippen LogP contribution in [0.3, 0.4) is 0 Å². The fourth-order valence-corrected chi connectivity index (χ4v) is 6.42. The van der Waals surface area contributed by atoms with Crippen molar-refractivity contribution in [1.82, 2.24) is 0 Å². The molecule has 5 heteroatoms. The lowest BCUT2D eigenvalue weighted by molar-refractivity contribution is -0.125. The smallest absolute Gasteiger partial charge is 0.261 e. The molecule has 6 rings (SSSR count). The minimum atomic E-state index is -0.661. The molecule has 3 aromatic rings. The van der Waals surface area contributed by atoms with Crippen LogP contribution in [0, 0.1) is 11.3 Å².